The first-order valence-electron chi connectivity index (χ1n) is 6.69. The van der Waals surface area contributed by atoms with E-state index in [1.54, 1.807) is 6.07 Å². The molecule has 0 saturated heterocycles. The third-order valence-electron chi connectivity index (χ3n) is 3.37. The minimum atomic E-state index is -0.495. The Balaban J connectivity index is 2.49. The number of para-hydroxylation sites is 1. The fourth-order valence-corrected chi connectivity index (χ4v) is 2.09. The molecule has 0 aliphatic heterocycles. The van der Waals surface area contributed by atoms with Crippen LogP contribution >= 0.6 is 0 Å². The Hall–Kier alpha value is -2.14. The second-order valence-electron chi connectivity index (χ2n) is 5.17. The van der Waals surface area contributed by atoms with E-state index in [1.165, 1.54) is 0 Å². The number of nitrogens with one attached hydrogen (secondary N) is 1. The summed E-state index contributed by atoms with van der Waals surface area (Å²) in [7, 11) is 0. The number of hydrogen-bond donors (Lipinski definition) is 3. The topological polar surface area (TPSA) is 94.0 Å². The molecule has 20 heavy (non-hydrogen) atoms. The minimum absolute atomic E-state index is 0.0433. The van der Waals surface area contributed by atoms with Gasteiger partial charge in [-0.25, -0.2) is 4.98 Å². The van der Waals surface area contributed by atoms with Crippen molar-refractivity contribution in [2.45, 2.75) is 19.9 Å². The summed E-state index contributed by atoms with van der Waals surface area (Å²) in [4.78, 5) is 16.1. The van der Waals surface area contributed by atoms with Crippen LogP contribution in [0.1, 0.15) is 24.2 Å². The number of anilines is 1. The Morgan fingerprint density at radius 3 is 2.65 bits per heavy atom. The molecule has 0 radical (unpaired) electrons. The van der Waals surface area contributed by atoms with E-state index in [4.69, 9.17) is 11.5 Å². The van der Waals surface area contributed by atoms with Gasteiger partial charge in [-0.3, -0.25) is 4.79 Å². The van der Waals surface area contributed by atoms with Gasteiger partial charge in [0.25, 0.3) is 5.91 Å². The number of carbonyl (C=O) groups is 1. The van der Waals surface area contributed by atoms with Gasteiger partial charge in [0.15, 0.2) is 0 Å². The number of aromatic nitrogens is 1. The Labute approximate surface area is 118 Å². The van der Waals surface area contributed by atoms with E-state index < -0.39 is 5.91 Å². The zero-order valence-electron chi connectivity index (χ0n) is 11.8. The molecule has 1 atom stereocenters. The van der Waals surface area contributed by atoms with E-state index in [0.717, 1.165) is 10.9 Å². The highest BCUT2D eigenvalue weighted by Crippen LogP contribution is 2.21. The molecule has 1 aromatic heterocycles. The normalized spacial score (nSPS) is 12.6. The Kier molecular flexibility index (Phi) is 4.20. The molecule has 1 unspecified atom stereocenters. The zero-order chi connectivity index (χ0) is 14.7. The number of fused-ring (bicyclic) bond motifs is 1. The monoisotopic (exact) mass is 272 g/mol. The smallest absolute Gasteiger partial charge is 0.252 e. The van der Waals surface area contributed by atoms with Crippen molar-refractivity contribution in [2.75, 3.05) is 11.9 Å². The molecule has 0 aliphatic carbocycles. The summed E-state index contributed by atoms with van der Waals surface area (Å²) in [5.41, 5.74) is 12.4. The molecule has 5 N–H and O–H groups in total. The lowest BCUT2D eigenvalue weighted by molar-refractivity contribution is 0.100. The minimum Gasteiger partial charge on any atom is -0.365 e. The third kappa shape index (κ3) is 2.88. The maximum atomic E-state index is 11.6. The highest BCUT2D eigenvalue weighted by atomic mass is 16.1. The van der Waals surface area contributed by atoms with Gasteiger partial charge < -0.3 is 16.8 Å². The van der Waals surface area contributed by atoms with Crippen molar-refractivity contribution in [3.63, 3.8) is 0 Å². The molecule has 1 aromatic carbocycles. The summed E-state index contributed by atoms with van der Waals surface area (Å²) in [6.45, 7) is 4.59. The van der Waals surface area contributed by atoms with Gasteiger partial charge in [0.05, 0.1) is 11.1 Å². The van der Waals surface area contributed by atoms with Gasteiger partial charge in [-0.2, -0.15) is 0 Å². The predicted molar refractivity (Wildman–Crippen MR) is 81.6 cm³/mol. The van der Waals surface area contributed by atoms with Crippen molar-refractivity contribution in [1.82, 2.24) is 4.98 Å². The number of rotatable bonds is 5. The van der Waals surface area contributed by atoms with Gasteiger partial charge in [0.2, 0.25) is 0 Å². The molecule has 2 aromatic rings. The molecule has 1 heterocycles. The summed E-state index contributed by atoms with van der Waals surface area (Å²) in [5.74, 6) is 0.333. The van der Waals surface area contributed by atoms with E-state index in [9.17, 15) is 4.79 Å². The Bertz CT molecular complexity index is 624. The van der Waals surface area contributed by atoms with Gasteiger partial charge in [-0.15, -0.1) is 0 Å². The number of nitrogens with zero attached hydrogens (tertiary/aromatic N) is 1. The largest absolute Gasteiger partial charge is 0.365 e. The molecule has 1 amide bonds. The molecule has 0 saturated carbocycles. The second-order valence-corrected chi connectivity index (χ2v) is 5.17. The van der Waals surface area contributed by atoms with E-state index in [-0.39, 0.29) is 6.04 Å². The Morgan fingerprint density at radius 2 is 2.05 bits per heavy atom. The van der Waals surface area contributed by atoms with Crippen LogP contribution in [0.3, 0.4) is 0 Å². The van der Waals surface area contributed by atoms with Crippen molar-refractivity contribution < 1.29 is 4.79 Å². The zero-order valence-corrected chi connectivity index (χ0v) is 11.8. The van der Waals surface area contributed by atoms with Crippen LogP contribution in [-0.4, -0.2) is 23.5 Å². The molecule has 0 fully saturated rings. The van der Waals surface area contributed by atoms with Crippen molar-refractivity contribution in [3.8, 4) is 0 Å². The number of amides is 1. The second kappa shape index (κ2) is 5.88. The quantitative estimate of drug-likeness (QED) is 0.772. The van der Waals surface area contributed by atoms with Crippen LogP contribution < -0.4 is 16.8 Å². The van der Waals surface area contributed by atoms with Crippen molar-refractivity contribution in [3.05, 3.63) is 35.9 Å². The first-order chi connectivity index (χ1) is 9.52. The fraction of sp³-hybridized carbons (Fsp3) is 0.333. The molecule has 2 rings (SSSR count). The molecule has 0 spiro atoms. The van der Waals surface area contributed by atoms with Gasteiger partial charge in [0, 0.05) is 18.0 Å². The van der Waals surface area contributed by atoms with E-state index in [0.29, 0.717) is 23.8 Å². The van der Waals surface area contributed by atoms with Gasteiger partial charge in [-0.05, 0) is 18.1 Å². The van der Waals surface area contributed by atoms with Crippen LogP contribution in [0.15, 0.2) is 30.3 Å². The van der Waals surface area contributed by atoms with Gasteiger partial charge in [0.1, 0.15) is 5.82 Å². The van der Waals surface area contributed by atoms with E-state index in [2.05, 4.69) is 24.1 Å². The van der Waals surface area contributed by atoms with Crippen LogP contribution in [0.2, 0.25) is 0 Å². The average Bonchev–Trinajstić information content (AvgIpc) is 2.43. The average molecular weight is 272 g/mol. The lowest BCUT2D eigenvalue weighted by atomic mass is 10.0. The molecule has 5 heteroatoms. The van der Waals surface area contributed by atoms with E-state index in [1.807, 2.05) is 24.3 Å². The van der Waals surface area contributed by atoms with E-state index >= 15 is 0 Å². The van der Waals surface area contributed by atoms with Gasteiger partial charge >= 0.3 is 0 Å². The molecular formula is C15H20N4O. The summed E-state index contributed by atoms with van der Waals surface area (Å²) < 4.78 is 0. The number of carbonyl (C=O) groups excluding carboxylic acids is 1. The van der Waals surface area contributed by atoms with Crippen molar-refractivity contribution >= 4 is 22.6 Å². The molecule has 106 valence electrons. The lowest BCUT2D eigenvalue weighted by Gasteiger charge is -2.22. The first-order valence-corrected chi connectivity index (χ1v) is 6.69. The summed E-state index contributed by atoms with van der Waals surface area (Å²) in [6, 6.07) is 9.42. The predicted octanol–water partition coefficient (Wildman–Crippen LogP) is 1.73. The molecule has 0 aliphatic rings. The number of benzene rings is 1. The highest BCUT2D eigenvalue weighted by molar-refractivity contribution is 6.01. The maximum absolute atomic E-state index is 11.6. The highest BCUT2D eigenvalue weighted by Gasteiger charge is 2.17. The first kappa shape index (κ1) is 14.3. The number of primary amides is 1. The van der Waals surface area contributed by atoms with Gasteiger partial charge in [-0.1, -0.05) is 32.0 Å². The fourth-order valence-electron chi connectivity index (χ4n) is 2.09. The van der Waals surface area contributed by atoms with Crippen LogP contribution in [0, 0.1) is 5.92 Å². The molecular weight excluding hydrogens is 252 g/mol. The van der Waals surface area contributed by atoms with Crippen LogP contribution in [0.5, 0.6) is 0 Å². The van der Waals surface area contributed by atoms with Crippen LogP contribution in [-0.2, 0) is 0 Å². The standard InChI is InChI=1S/C15H20N4O/c1-9(2)13(8-16)19-15-11(14(17)20)7-10-5-3-4-6-12(10)18-15/h3-7,9,13H,8,16H2,1-2H3,(H2,17,20)(H,18,19). The summed E-state index contributed by atoms with van der Waals surface area (Å²) in [6.07, 6.45) is 0. The molecule has 5 nitrogen and oxygen atoms in total. The summed E-state index contributed by atoms with van der Waals surface area (Å²) >= 11 is 0. The third-order valence-corrected chi connectivity index (χ3v) is 3.37. The van der Waals surface area contributed by atoms with Crippen molar-refractivity contribution in [1.29, 1.82) is 0 Å². The number of nitrogens with two attached hydrogens (primary N) is 2. The Morgan fingerprint density at radius 1 is 1.35 bits per heavy atom. The summed E-state index contributed by atoms with van der Waals surface area (Å²) in [5, 5.41) is 4.12. The van der Waals surface area contributed by atoms with Crippen molar-refractivity contribution in [2.24, 2.45) is 17.4 Å². The SMILES string of the molecule is CC(C)C(CN)Nc1nc2ccccc2cc1C(N)=O. The van der Waals surface area contributed by atoms with Crippen LogP contribution in [0.4, 0.5) is 5.82 Å². The lowest BCUT2D eigenvalue weighted by Crippen LogP contribution is -2.35. The van der Waals surface area contributed by atoms with Crippen LogP contribution in [0.25, 0.3) is 10.9 Å². The number of pyridine rings is 1. The maximum Gasteiger partial charge on any atom is 0.252 e. The molecule has 0 bridgehead atoms. The number of hydrogen-bond acceptors (Lipinski definition) is 4.